The van der Waals surface area contributed by atoms with Gasteiger partial charge in [-0.25, -0.2) is 4.98 Å². The zero-order valence-corrected chi connectivity index (χ0v) is 8.06. The Morgan fingerprint density at radius 1 is 1.79 bits per heavy atom. The number of carbonyl (C=O) groups excluding carboxylic acids is 1. The van der Waals surface area contributed by atoms with Crippen molar-refractivity contribution >= 4 is 5.91 Å². The van der Waals surface area contributed by atoms with Crippen LogP contribution in [0.25, 0.3) is 0 Å². The average molecular weight is 195 g/mol. The van der Waals surface area contributed by atoms with E-state index in [0.717, 1.165) is 6.42 Å². The quantitative estimate of drug-likeness (QED) is 0.692. The summed E-state index contributed by atoms with van der Waals surface area (Å²) in [4.78, 5) is 17.4. The predicted molar refractivity (Wildman–Crippen MR) is 49.7 cm³/mol. The van der Waals surface area contributed by atoms with Crippen molar-refractivity contribution in [3.05, 3.63) is 17.8 Å². The minimum absolute atomic E-state index is 0.0992. The van der Waals surface area contributed by atoms with Gasteiger partial charge in [-0.15, -0.1) is 0 Å². The highest BCUT2D eigenvalue weighted by molar-refractivity contribution is 5.92. The monoisotopic (exact) mass is 195 g/mol. The van der Waals surface area contributed by atoms with E-state index >= 15 is 0 Å². The van der Waals surface area contributed by atoms with E-state index < -0.39 is 0 Å². The van der Waals surface area contributed by atoms with Crippen LogP contribution in [0.1, 0.15) is 22.7 Å². The highest BCUT2D eigenvalue weighted by Crippen LogP contribution is 2.14. The third-order valence-corrected chi connectivity index (χ3v) is 2.45. The maximum atomic E-state index is 11.8. The molecule has 1 aromatic heterocycles. The molecule has 0 bridgehead atoms. The van der Waals surface area contributed by atoms with Gasteiger partial charge in [0.25, 0.3) is 5.91 Å². The number of rotatable bonds is 1. The molecule has 1 fully saturated rings. The molecule has 1 aromatic rings. The van der Waals surface area contributed by atoms with Crippen LogP contribution in [0.3, 0.4) is 0 Å². The van der Waals surface area contributed by atoms with E-state index in [-0.39, 0.29) is 11.9 Å². The number of nitrogens with zero attached hydrogens (tertiary/aromatic N) is 2. The first-order chi connectivity index (χ1) is 6.68. The van der Waals surface area contributed by atoms with Gasteiger partial charge in [0.1, 0.15) is 0 Å². The maximum Gasteiger partial charge on any atom is 0.291 e. The molecule has 1 saturated heterocycles. The number of hydrogen-bond acceptors (Lipinski definition) is 4. The second-order valence-electron chi connectivity index (χ2n) is 3.57. The first-order valence-electron chi connectivity index (χ1n) is 4.63. The molecule has 2 N–H and O–H groups in total. The second-order valence-corrected chi connectivity index (χ2v) is 3.57. The number of oxazole rings is 1. The molecule has 5 heteroatoms. The largest absolute Gasteiger partial charge is 0.438 e. The standard InChI is InChI=1S/C9H13N3O2/c1-6-8(14-5-11-6)9(13)12-3-2-7(10)4-12/h5,7H,2-4,10H2,1H3/t7-/m1/s1. The summed E-state index contributed by atoms with van der Waals surface area (Å²) in [5.74, 6) is 0.229. The molecule has 14 heavy (non-hydrogen) atoms. The van der Waals surface area contributed by atoms with E-state index in [1.165, 1.54) is 6.39 Å². The summed E-state index contributed by atoms with van der Waals surface area (Å²) in [6, 6.07) is 0.0992. The van der Waals surface area contributed by atoms with E-state index in [0.29, 0.717) is 24.5 Å². The minimum Gasteiger partial charge on any atom is -0.438 e. The molecule has 5 nitrogen and oxygen atoms in total. The van der Waals surface area contributed by atoms with Gasteiger partial charge in [-0.2, -0.15) is 0 Å². The number of aromatic nitrogens is 1. The van der Waals surface area contributed by atoms with Crippen molar-refractivity contribution in [1.82, 2.24) is 9.88 Å². The molecule has 0 unspecified atom stereocenters. The number of likely N-dealkylation sites (tertiary alicyclic amines) is 1. The van der Waals surface area contributed by atoms with Gasteiger partial charge in [0, 0.05) is 19.1 Å². The normalized spacial score (nSPS) is 21.6. The van der Waals surface area contributed by atoms with Gasteiger partial charge in [-0.1, -0.05) is 0 Å². The van der Waals surface area contributed by atoms with Crippen molar-refractivity contribution in [1.29, 1.82) is 0 Å². The molecule has 1 atom stereocenters. The highest BCUT2D eigenvalue weighted by Gasteiger charge is 2.27. The smallest absolute Gasteiger partial charge is 0.291 e. The van der Waals surface area contributed by atoms with Crippen LogP contribution in [0, 0.1) is 6.92 Å². The zero-order valence-electron chi connectivity index (χ0n) is 8.06. The Bertz CT molecular complexity index is 348. The summed E-state index contributed by atoms with van der Waals surface area (Å²) in [6.45, 7) is 3.08. The Kier molecular flexibility index (Phi) is 2.25. The van der Waals surface area contributed by atoms with Crippen LogP contribution in [-0.2, 0) is 0 Å². The van der Waals surface area contributed by atoms with Crippen molar-refractivity contribution in [3.63, 3.8) is 0 Å². The Morgan fingerprint density at radius 2 is 2.57 bits per heavy atom. The molecule has 1 aliphatic rings. The van der Waals surface area contributed by atoms with E-state index in [1.54, 1.807) is 11.8 Å². The van der Waals surface area contributed by atoms with Crippen LogP contribution in [-0.4, -0.2) is 34.9 Å². The van der Waals surface area contributed by atoms with E-state index in [9.17, 15) is 4.79 Å². The van der Waals surface area contributed by atoms with E-state index in [2.05, 4.69) is 4.98 Å². The van der Waals surface area contributed by atoms with E-state index in [1.807, 2.05) is 0 Å². The van der Waals surface area contributed by atoms with E-state index in [4.69, 9.17) is 10.2 Å². The van der Waals surface area contributed by atoms with Gasteiger partial charge >= 0.3 is 0 Å². The fraction of sp³-hybridized carbons (Fsp3) is 0.556. The molecule has 76 valence electrons. The van der Waals surface area contributed by atoms with Crippen LogP contribution in [0.4, 0.5) is 0 Å². The molecule has 2 heterocycles. The number of nitrogens with two attached hydrogens (primary N) is 1. The lowest BCUT2D eigenvalue weighted by molar-refractivity contribution is 0.0758. The molecule has 0 aromatic carbocycles. The van der Waals surface area contributed by atoms with Gasteiger partial charge in [0.05, 0.1) is 5.69 Å². The number of amides is 1. The summed E-state index contributed by atoms with van der Waals surface area (Å²) in [7, 11) is 0. The lowest BCUT2D eigenvalue weighted by Gasteiger charge is -2.13. The third-order valence-electron chi connectivity index (χ3n) is 2.45. The number of carbonyl (C=O) groups is 1. The van der Waals surface area contributed by atoms with Crippen molar-refractivity contribution in [2.45, 2.75) is 19.4 Å². The van der Waals surface area contributed by atoms with Crippen LogP contribution in [0.2, 0.25) is 0 Å². The van der Waals surface area contributed by atoms with Gasteiger partial charge in [0.15, 0.2) is 6.39 Å². The van der Waals surface area contributed by atoms with Gasteiger partial charge in [0.2, 0.25) is 5.76 Å². The summed E-state index contributed by atoms with van der Waals surface area (Å²) >= 11 is 0. The Labute approximate surface area is 81.9 Å². The van der Waals surface area contributed by atoms with Crippen LogP contribution in [0.5, 0.6) is 0 Å². The third kappa shape index (κ3) is 1.50. The number of aryl methyl sites for hydroxylation is 1. The lowest BCUT2D eigenvalue weighted by atomic mass is 10.3. The predicted octanol–water partition coefficient (Wildman–Crippen LogP) is 0.156. The Morgan fingerprint density at radius 3 is 3.07 bits per heavy atom. The molecular formula is C9H13N3O2. The van der Waals surface area contributed by atoms with Crippen molar-refractivity contribution in [2.24, 2.45) is 5.73 Å². The van der Waals surface area contributed by atoms with Crippen LogP contribution in [0.15, 0.2) is 10.8 Å². The van der Waals surface area contributed by atoms with Crippen LogP contribution < -0.4 is 5.73 Å². The lowest BCUT2D eigenvalue weighted by Crippen LogP contribution is -2.32. The van der Waals surface area contributed by atoms with Crippen molar-refractivity contribution in [2.75, 3.05) is 13.1 Å². The zero-order chi connectivity index (χ0) is 10.1. The fourth-order valence-electron chi connectivity index (χ4n) is 1.62. The molecular weight excluding hydrogens is 182 g/mol. The summed E-state index contributed by atoms with van der Waals surface area (Å²) in [5, 5.41) is 0. The molecule has 0 spiro atoms. The topological polar surface area (TPSA) is 72.4 Å². The first-order valence-corrected chi connectivity index (χ1v) is 4.63. The maximum absolute atomic E-state index is 11.8. The van der Waals surface area contributed by atoms with Crippen LogP contribution >= 0.6 is 0 Å². The second kappa shape index (κ2) is 3.42. The molecule has 1 aliphatic heterocycles. The van der Waals surface area contributed by atoms with Crippen molar-refractivity contribution in [3.8, 4) is 0 Å². The summed E-state index contributed by atoms with van der Waals surface area (Å²) in [6.07, 6.45) is 2.15. The Hall–Kier alpha value is -1.36. The first kappa shape index (κ1) is 9.21. The minimum atomic E-state index is -0.104. The summed E-state index contributed by atoms with van der Waals surface area (Å²) < 4.78 is 5.03. The fourth-order valence-corrected chi connectivity index (χ4v) is 1.62. The van der Waals surface area contributed by atoms with Gasteiger partial charge in [-0.05, 0) is 13.3 Å². The molecule has 1 amide bonds. The van der Waals surface area contributed by atoms with Gasteiger partial charge < -0.3 is 15.1 Å². The highest BCUT2D eigenvalue weighted by atomic mass is 16.3. The summed E-state index contributed by atoms with van der Waals surface area (Å²) in [5.41, 5.74) is 6.35. The average Bonchev–Trinajstić information content (AvgIpc) is 2.73. The van der Waals surface area contributed by atoms with Crippen molar-refractivity contribution < 1.29 is 9.21 Å². The molecule has 0 saturated carbocycles. The van der Waals surface area contributed by atoms with Gasteiger partial charge in [-0.3, -0.25) is 4.79 Å². The number of hydrogen-bond donors (Lipinski definition) is 1. The molecule has 0 aliphatic carbocycles. The SMILES string of the molecule is Cc1ncoc1C(=O)N1CC[C@@H](N)C1. The molecule has 0 radical (unpaired) electrons. The molecule has 2 rings (SSSR count). The Balaban J connectivity index is 2.13.